The van der Waals surface area contributed by atoms with Crippen LogP contribution in [0.1, 0.15) is 17.3 Å². The van der Waals surface area contributed by atoms with E-state index in [4.69, 9.17) is 4.42 Å². The fourth-order valence-electron chi connectivity index (χ4n) is 2.97. The van der Waals surface area contributed by atoms with Crippen molar-refractivity contribution in [3.63, 3.8) is 0 Å². The van der Waals surface area contributed by atoms with E-state index in [9.17, 15) is 13.7 Å². The molecule has 0 saturated heterocycles. The molecule has 0 fully saturated rings. The maximum Gasteiger partial charge on any atom is 0.264 e. The van der Waals surface area contributed by atoms with E-state index in [1.807, 2.05) is 18.2 Å². The van der Waals surface area contributed by atoms with Gasteiger partial charge in [0.2, 0.25) is 11.8 Å². The summed E-state index contributed by atoms with van der Waals surface area (Å²) in [6, 6.07) is 17.0. The summed E-state index contributed by atoms with van der Waals surface area (Å²) in [7, 11) is -3.85. The van der Waals surface area contributed by atoms with Gasteiger partial charge in [0.25, 0.3) is 10.0 Å². The summed E-state index contributed by atoms with van der Waals surface area (Å²) in [6.07, 6.45) is 1.45. The first-order valence-corrected chi connectivity index (χ1v) is 11.0. The molecule has 2 heterocycles. The Bertz CT molecular complexity index is 1410. The second-order valence-corrected chi connectivity index (χ2v) is 8.59. The standard InChI is InChI=1S/C22H18N6O3S/c1-14-11-15(2)26-22(25-14)28-32(29,30)18-9-7-17(8-10-18)24-13-16(12-23)21-27-19-5-3-4-6-20(19)31-21/h3-11,13,24H,1-2H3,(H,25,26,28)/b16-13+. The molecule has 0 saturated carbocycles. The Labute approximate surface area is 184 Å². The lowest BCUT2D eigenvalue weighted by Gasteiger charge is -2.09. The topological polar surface area (TPSA) is 134 Å². The molecule has 0 amide bonds. The molecule has 0 aliphatic carbocycles. The molecule has 2 N–H and O–H groups in total. The molecule has 4 rings (SSSR count). The average molecular weight is 446 g/mol. The summed E-state index contributed by atoms with van der Waals surface area (Å²) in [4.78, 5) is 12.5. The van der Waals surface area contributed by atoms with Crippen molar-refractivity contribution in [1.29, 1.82) is 5.26 Å². The van der Waals surface area contributed by atoms with Crippen molar-refractivity contribution in [3.05, 3.63) is 78.1 Å². The van der Waals surface area contributed by atoms with Gasteiger partial charge in [-0.3, -0.25) is 0 Å². The summed E-state index contributed by atoms with van der Waals surface area (Å²) in [5.41, 5.74) is 3.33. The Kier molecular flexibility index (Phi) is 5.57. The monoisotopic (exact) mass is 446 g/mol. The van der Waals surface area contributed by atoms with Gasteiger partial charge in [0, 0.05) is 23.3 Å². The van der Waals surface area contributed by atoms with E-state index in [2.05, 4.69) is 25.0 Å². The van der Waals surface area contributed by atoms with Crippen LogP contribution in [0.15, 0.2) is 70.1 Å². The van der Waals surface area contributed by atoms with Crippen molar-refractivity contribution >= 4 is 38.3 Å². The molecule has 0 aliphatic heterocycles. The van der Waals surface area contributed by atoms with E-state index in [0.717, 1.165) is 0 Å². The van der Waals surface area contributed by atoms with E-state index in [0.29, 0.717) is 28.2 Å². The highest BCUT2D eigenvalue weighted by atomic mass is 32.2. The van der Waals surface area contributed by atoms with Crippen molar-refractivity contribution in [1.82, 2.24) is 15.0 Å². The number of para-hydroxylation sites is 2. The maximum atomic E-state index is 12.6. The quantitative estimate of drug-likeness (QED) is 0.424. The van der Waals surface area contributed by atoms with Gasteiger partial charge < -0.3 is 9.73 Å². The van der Waals surface area contributed by atoms with Gasteiger partial charge >= 0.3 is 0 Å². The first-order valence-electron chi connectivity index (χ1n) is 9.52. The highest BCUT2D eigenvalue weighted by molar-refractivity contribution is 7.92. The molecule has 10 heteroatoms. The Balaban J connectivity index is 1.50. The number of oxazole rings is 1. The van der Waals surface area contributed by atoms with Crippen LogP contribution in [0.5, 0.6) is 0 Å². The third-order valence-electron chi connectivity index (χ3n) is 4.40. The van der Waals surface area contributed by atoms with Gasteiger partial charge in [-0.25, -0.2) is 28.1 Å². The Morgan fingerprint density at radius 1 is 1.03 bits per heavy atom. The van der Waals surface area contributed by atoms with E-state index >= 15 is 0 Å². The zero-order valence-electron chi connectivity index (χ0n) is 17.2. The number of rotatable bonds is 6. The SMILES string of the molecule is Cc1cc(C)nc(NS(=O)(=O)c2ccc(N/C=C(\C#N)c3nc4ccccc4o3)cc2)n1. The minimum Gasteiger partial charge on any atom is -0.435 e. The van der Waals surface area contributed by atoms with Gasteiger partial charge in [0.1, 0.15) is 17.2 Å². The second kappa shape index (κ2) is 8.49. The Morgan fingerprint density at radius 2 is 1.72 bits per heavy atom. The van der Waals surface area contributed by atoms with Crippen molar-refractivity contribution < 1.29 is 12.8 Å². The van der Waals surface area contributed by atoms with Crippen LogP contribution in [0.25, 0.3) is 16.7 Å². The molecule has 32 heavy (non-hydrogen) atoms. The van der Waals surface area contributed by atoms with Gasteiger partial charge in [0.15, 0.2) is 5.58 Å². The molecule has 0 radical (unpaired) electrons. The van der Waals surface area contributed by atoms with Gasteiger partial charge in [-0.1, -0.05) is 12.1 Å². The summed E-state index contributed by atoms with van der Waals surface area (Å²) in [6.45, 7) is 3.52. The molecule has 4 aromatic rings. The summed E-state index contributed by atoms with van der Waals surface area (Å²) in [5, 5.41) is 12.4. The number of hydrogen-bond donors (Lipinski definition) is 2. The maximum absolute atomic E-state index is 12.6. The Hall–Kier alpha value is -4.23. The smallest absolute Gasteiger partial charge is 0.264 e. The number of aryl methyl sites for hydroxylation is 2. The molecule has 0 unspecified atom stereocenters. The highest BCUT2D eigenvalue weighted by Crippen LogP contribution is 2.21. The van der Waals surface area contributed by atoms with Crippen LogP contribution < -0.4 is 10.0 Å². The van der Waals surface area contributed by atoms with Crippen LogP contribution in [-0.2, 0) is 10.0 Å². The van der Waals surface area contributed by atoms with Crippen molar-refractivity contribution in [2.24, 2.45) is 0 Å². The predicted octanol–water partition coefficient (Wildman–Crippen LogP) is 4.01. The first kappa shape index (κ1) is 21.0. The minimum absolute atomic E-state index is 0.0182. The number of hydrogen-bond acceptors (Lipinski definition) is 8. The van der Waals surface area contributed by atoms with E-state index in [-0.39, 0.29) is 22.3 Å². The van der Waals surface area contributed by atoms with E-state index < -0.39 is 10.0 Å². The summed E-state index contributed by atoms with van der Waals surface area (Å²) >= 11 is 0. The van der Waals surface area contributed by atoms with Crippen LogP contribution in [-0.4, -0.2) is 23.4 Å². The third-order valence-corrected chi connectivity index (χ3v) is 5.74. The number of benzene rings is 2. The number of sulfonamides is 1. The number of nitriles is 1. The predicted molar refractivity (Wildman–Crippen MR) is 120 cm³/mol. The zero-order chi connectivity index (χ0) is 22.7. The second-order valence-electron chi connectivity index (χ2n) is 6.91. The number of allylic oxidation sites excluding steroid dienone is 1. The normalized spacial score (nSPS) is 11.8. The number of aromatic nitrogens is 3. The molecule has 9 nitrogen and oxygen atoms in total. The molecular weight excluding hydrogens is 428 g/mol. The van der Waals surface area contributed by atoms with Gasteiger partial charge in [-0.2, -0.15) is 5.26 Å². The molecule has 2 aromatic heterocycles. The number of nitrogens with zero attached hydrogens (tertiary/aromatic N) is 4. The van der Waals surface area contributed by atoms with Crippen LogP contribution in [0.4, 0.5) is 11.6 Å². The fraction of sp³-hybridized carbons (Fsp3) is 0.0909. The highest BCUT2D eigenvalue weighted by Gasteiger charge is 2.16. The Morgan fingerprint density at radius 3 is 2.38 bits per heavy atom. The molecular formula is C22H18N6O3S. The van der Waals surface area contributed by atoms with Crippen LogP contribution in [0.3, 0.4) is 0 Å². The van der Waals surface area contributed by atoms with Crippen LogP contribution in [0, 0.1) is 25.2 Å². The molecule has 0 aliphatic rings. The summed E-state index contributed by atoms with van der Waals surface area (Å²) in [5.74, 6) is 0.211. The van der Waals surface area contributed by atoms with E-state index in [1.165, 1.54) is 18.3 Å². The van der Waals surface area contributed by atoms with Gasteiger partial charge in [0.05, 0.1) is 4.90 Å². The zero-order valence-corrected chi connectivity index (χ0v) is 18.0. The molecule has 160 valence electrons. The average Bonchev–Trinajstić information content (AvgIpc) is 3.17. The molecule has 0 bridgehead atoms. The van der Waals surface area contributed by atoms with Crippen LogP contribution in [0.2, 0.25) is 0 Å². The van der Waals surface area contributed by atoms with E-state index in [1.54, 1.807) is 44.2 Å². The van der Waals surface area contributed by atoms with Crippen molar-refractivity contribution in [2.75, 3.05) is 10.0 Å². The molecule has 0 atom stereocenters. The largest absolute Gasteiger partial charge is 0.435 e. The lowest BCUT2D eigenvalue weighted by Crippen LogP contribution is -2.15. The van der Waals surface area contributed by atoms with Crippen LogP contribution >= 0.6 is 0 Å². The lowest BCUT2D eigenvalue weighted by atomic mass is 10.3. The molecule has 2 aromatic carbocycles. The van der Waals surface area contributed by atoms with Crippen molar-refractivity contribution in [3.8, 4) is 6.07 Å². The lowest BCUT2D eigenvalue weighted by molar-refractivity contribution is 0.586. The first-order chi connectivity index (χ1) is 15.3. The minimum atomic E-state index is -3.85. The molecule has 0 spiro atoms. The van der Waals surface area contributed by atoms with Gasteiger partial charge in [-0.15, -0.1) is 0 Å². The fourth-order valence-corrected chi connectivity index (χ4v) is 3.91. The third kappa shape index (κ3) is 4.58. The number of fused-ring (bicyclic) bond motifs is 1. The number of nitrogens with one attached hydrogen (secondary N) is 2. The number of anilines is 2. The van der Waals surface area contributed by atoms with Gasteiger partial charge in [-0.05, 0) is 56.3 Å². The summed E-state index contributed by atoms with van der Waals surface area (Å²) < 4.78 is 33.3. The van der Waals surface area contributed by atoms with Crippen molar-refractivity contribution in [2.45, 2.75) is 18.7 Å².